The summed E-state index contributed by atoms with van der Waals surface area (Å²) in [5.74, 6) is 0.407. The van der Waals surface area contributed by atoms with Gasteiger partial charge in [0.25, 0.3) is 10.2 Å². The topological polar surface area (TPSA) is 80.3 Å². The summed E-state index contributed by atoms with van der Waals surface area (Å²) in [4.78, 5) is 4.62. The zero-order chi connectivity index (χ0) is 18.4. The molecule has 0 aliphatic carbocycles. The lowest BCUT2D eigenvalue weighted by atomic mass is 9.93. The lowest BCUT2D eigenvalue weighted by molar-refractivity contribution is 0.370. The second-order valence-corrected chi connectivity index (χ2v) is 8.07. The zero-order valence-corrected chi connectivity index (χ0v) is 15.3. The Labute approximate surface area is 152 Å². The Bertz CT molecular complexity index is 1100. The molecule has 2 N–H and O–H groups in total. The molecule has 2 aromatic carbocycles. The van der Waals surface area contributed by atoms with Crippen LogP contribution in [0.25, 0.3) is 22.0 Å². The molecule has 0 amide bonds. The van der Waals surface area contributed by atoms with Crippen LogP contribution in [0.3, 0.4) is 0 Å². The Hall–Kier alpha value is -2.48. The van der Waals surface area contributed by atoms with Gasteiger partial charge in [-0.2, -0.15) is 13.1 Å². The lowest BCUT2D eigenvalue weighted by Gasteiger charge is -2.24. The molecule has 7 heteroatoms. The van der Waals surface area contributed by atoms with Gasteiger partial charge >= 0.3 is 0 Å². The van der Waals surface area contributed by atoms with E-state index in [1.165, 1.54) is 12.5 Å². The van der Waals surface area contributed by atoms with Crippen LogP contribution in [-0.2, 0) is 15.7 Å². The number of aromatic nitrogens is 1. The number of fused-ring (bicyclic) bond motifs is 1. The summed E-state index contributed by atoms with van der Waals surface area (Å²) in [5, 5.41) is 2.30. The lowest BCUT2D eigenvalue weighted by Crippen LogP contribution is -2.38. The molecular weight excluding hydrogens is 350 g/mol. The van der Waals surface area contributed by atoms with Gasteiger partial charge in [-0.3, -0.25) is 0 Å². The first kappa shape index (κ1) is 17.0. The summed E-state index contributed by atoms with van der Waals surface area (Å²) >= 11 is 0. The molecular formula is C19H19N3O3S. The predicted octanol–water partition coefficient (Wildman–Crippen LogP) is 2.56. The Morgan fingerprint density at radius 3 is 2.54 bits per heavy atom. The van der Waals surface area contributed by atoms with Crippen molar-refractivity contribution in [1.82, 2.24) is 14.4 Å². The van der Waals surface area contributed by atoms with Gasteiger partial charge < -0.3 is 4.74 Å². The Kier molecular flexibility index (Phi) is 3.95. The molecule has 0 saturated carbocycles. The average Bonchev–Trinajstić information content (AvgIpc) is 2.94. The quantitative estimate of drug-likeness (QED) is 0.744. The van der Waals surface area contributed by atoms with Crippen molar-refractivity contribution >= 4 is 21.0 Å². The van der Waals surface area contributed by atoms with Gasteiger partial charge in [0.05, 0.1) is 18.3 Å². The fourth-order valence-corrected chi connectivity index (χ4v) is 4.61. The van der Waals surface area contributed by atoms with Crippen molar-refractivity contribution in [1.29, 1.82) is 0 Å². The van der Waals surface area contributed by atoms with Crippen LogP contribution in [0.5, 0.6) is 5.88 Å². The van der Waals surface area contributed by atoms with Gasteiger partial charge in [0.1, 0.15) is 0 Å². The van der Waals surface area contributed by atoms with Gasteiger partial charge in [0.15, 0.2) is 0 Å². The first-order valence-corrected chi connectivity index (χ1v) is 9.72. The molecule has 1 saturated heterocycles. The molecule has 1 aromatic heterocycles. The molecule has 1 atom stereocenters. The number of hydrogen-bond acceptors (Lipinski definition) is 4. The van der Waals surface area contributed by atoms with Crippen LogP contribution in [0.4, 0.5) is 0 Å². The van der Waals surface area contributed by atoms with Crippen molar-refractivity contribution in [2.75, 3.05) is 13.7 Å². The van der Waals surface area contributed by atoms with Crippen LogP contribution in [0.15, 0.2) is 54.6 Å². The summed E-state index contributed by atoms with van der Waals surface area (Å²) in [6.45, 7) is 2.04. The number of methoxy groups -OCH3 is 1. The van der Waals surface area contributed by atoms with Gasteiger partial charge in [-0.05, 0) is 35.9 Å². The summed E-state index contributed by atoms with van der Waals surface area (Å²) in [6.07, 6.45) is 0. The highest BCUT2D eigenvalue weighted by atomic mass is 32.2. The van der Waals surface area contributed by atoms with Gasteiger partial charge in [0.2, 0.25) is 5.88 Å². The van der Waals surface area contributed by atoms with E-state index >= 15 is 0 Å². The highest BCUT2D eigenvalue weighted by molar-refractivity contribution is 7.87. The summed E-state index contributed by atoms with van der Waals surface area (Å²) in [6, 6.07) is 18.1. The molecule has 4 rings (SSSR count). The third-order valence-electron chi connectivity index (χ3n) is 4.67. The Morgan fingerprint density at radius 2 is 1.85 bits per heavy atom. The molecule has 1 aliphatic rings. The number of rotatable bonds is 3. The monoisotopic (exact) mass is 369 g/mol. The second kappa shape index (κ2) is 6.05. The fraction of sp³-hybridized carbons (Fsp3) is 0.211. The van der Waals surface area contributed by atoms with Gasteiger partial charge in [-0.1, -0.05) is 36.4 Å². The van der Waals surface area contributed by atoms with Crippen LogP contribution < -0.4 is 14.2 Å². The highest BCUT2D eigenvalue weighted by Crippen LogP contribution is 2.33. The van der Waals surface area contributed by atoms with Crippen molar-refractivity contribution in [3.63, 3.8) is 0 Å². The van der Waals surface area contributed by atoms with E-state index in [2.05, 4.69) is 38.7 Å². The Balaban J connectivity index is 1.77. The van der Waals surface area contributed by atoms with E-state index in [0.717, 1.165) is 16.6 Å². The highest BCUT2D eigenvalue weighted by Gasteiger charge is 2.41. The van der Waals surface area contributed by atoms with E-state index in [0.29, 0.717) is 11.4 Å². The number of benzene rings is 2. The molecule has 1 fully saturated rings. The van der Waals surface area contributed by atoms with Crippen molar-refractivity contribution in [3.05, 3.63) is 60.2 Å². The molecule has 26 heavy (non-hydrogen) atoms. The summed E-state index contributed by atoms with van der Waals surface area (Å²) < 4.78 is 34.1. The normalized spacial score (nSPS) is 21.8. The minimum atomic E-state index is -3.50. The smallest absolute Gasteiger partial charge is 0.277 e. The number of hydrogen-bond donors (Lipinski definition) is 2. The van der Waals surface area contributed by atoms with Crippen LogP contribution in [-0.4, -0.2) is 27.1 Å². The van der Waals surface area contributed by atoms with E-state index in [1.807, 2.05) is 30.3 Å². The third kappa shape index (κ3) is 2.94. The van der Waals surface area contributed by atoms with Gasteiger partial charge in [-0.15, -0.1) is 0 Å². The second-order valence-electron chi connectivity index (χ2n) is 6.57. The Morgan fingerprint density at radius 1 is 1.08 bits per heavy atom. The minimum absolute atomic E-state index is 0.239. The predicted molar refractivity (Wildman–Crippen MR) is 101 cm³/mol. The third-order valence-corrected chi connectivity index (χ3v) is 5.91. The molecule has 1 unspecified atom stereocenters. The van der Waals surface area contributed by atoms with Crippen molar-refractivity contribution in [2.24, 2.45) is 0 Å². The molecule has 6 nitrogen and oxygen atoms in total. The van der Waals surface area contributed by atoms with Gasteiger partial charge in [0, 0.05) is 17.7 Å². The zero-order valence-electron chi connectivity index (χ0n) is 14.5. The van der Waals surface area contributed by atoms with Crippen LogP contribution in [0.1, 0.15) is 12.5 Å². The molecule has 0 spiro atoms. The first-order chi connectivity index (χ1) is 12.4. The van der Waals surface area contributed by atoms with Gasteiger partial charge in [-0.25, -0.2) is 9.71 Å². The van der Waals surface area contributed by atoms with E-state index in [4.69, 9.17) is 4.74 Å². The standard InChI is InChI=1S/C19H19N3O3S/c1-19(12-20-26(23,24)22-19)16-9-10-17(21-18(16)25-2)15-8-7-13-5-3-4-6-14(13)11-15/h3-11,20,22H,12H2,1-2H3. The number of nitrogens with one attached hydrogen (secondary N) is 2. The maximum atomic E-state index is 11.7. The average molecular weight is 369 g/mol. The van der Waals surface area contributed by atoms with Crippen LogP contribution in [0.2, 0.25) is 0 Å². The molecule has 3 aromatic rings. The number of ether oxygens (including phenoxy) is 1. The van der Waals surface area contributed by atoms with Crippen molar-refractivity contribution < 1.29 is 13.2 Å². The molecule has 0 bridgehead atoms. The molecule has 0 radical (unpaired) electrons. The molecule has 134 valence electrons. The first-order valence-electron chi connectivity index (χ1n) is 8.23. The number of pyridine rings is 1. The van der Waals surface area contributed by atoms with Crippen molar-refractivity contribution in [3.8, 4) is 17.1 Å². The van der Waals surface area contributed by atoms with E-state index in [1.54, 1.807) is 6.92 Å². The van der Waals surface area contributed by atoms with E-state index in [-0.39, 0.29) is 6.54 Å². The van der Waals surface area contributed by atoms with Crippen LogP contribution in [0, 0.1) is 0 Å². The maximum absolute atomic E-state index is 11.7. The number of nitrogens with zero attached hydrogens (tertiary/aromatic N) is 1. The largest absolute Gasteiger partial charge is 0.481 e. The van der Waals surface area contributed by atoms with Crippen LogP contribution >= 0.6 is 0 Å². The minimum Gasteiger partial charge on any atom is -0.481 e. The van der Waals surface area contributed by atoms with Crippen molar-refractivity contribution in [2.45, 2.75) is 12.5 Å². The molecule has 1 aliphatic heterocycles. The fourth-order valence-electron chi connectivity index (χ4n) is 3.28. The van der Waals surface area contributed by atoms with E-state index < -0.39 is 15.7 Å². The maximum Gasteiger partial charge on any atom is 0.277 e. The summed E-state index contributed by atoms with van der Waals surface area (Å²) in [5.41, 5.74) is 1.63. The molecule has 2 heterocycles. The van der Waals surface area contributed by atoms with E-state index in [9.17, 15) is 8.42 Å². The SMILES string of the molecule is COc1nc(-c2ccc3ccccc3c2)ccc1C1(C)CNS(=O)(=O)N1. The summed E-state index contributed by atoms with van der Waals surface area (Å²) in [7, 11) is -1.96.